The summed E-state index contributed by atoms with van der Waals surface area (Å²) in [5.74, 6) is 0.960. The topological polar surface area (TPSA) is 96.4 Å². The second kappa shape index (κ2) is 8.60. The molecule has 2 amide bonds. The minimum absolute atomic E-state index is 0.0381. The van der Waals surface area contributed by atoms with E-state index < -0.39 is 10.0 Å². The summed E-state index contributed by atoms with van der Waals surface area (Å²) in [7, 11) is -3.11. The molecule has 30 heavy (non-hydrogen) atoms. The molecular formula is C20H31N5O4S. The minimum atomic E-state index is -3.11. The van der Waals surface area contributed by atoms with E-state index in [2.05, 4.69) is 39.4 Å². The number of benzene rings is 1. The fraction of sp³-hybridized carbons (Fsp3) is 0.650. The number of nitrogens with one attached hydrogen (secondary N) is 1. The molecule has 166 valence electrons. The van der Waals surface area contributed by atoms with Gasteiger partial charge in [0.05, 0.1) is 12.9 Å². The summed E-state index contributed by atoms with van der Waals surface area (Å²) < 4.78 is 24.9. The van der Waals surface area contributed by atoms with Gasteiger partial charge in [-0.2, -0.15) is 4.31 Å². The van der Waals surface area contributed by atoms with Gasteiger partial charge in [-0.15, -0.1) is 0 Å². The van der Waals surface area contributed by atoms with Gasteiger partial charge in [0.2, 0.25) is 10.0 Å². The summed E-state index contributed by atoms with van der Waals surface area (Å²) in [6.07, 6.45) is 1.27. The lowest BCUT2D eigenvalue weighted by molar-refractivity contribution is 0.201. The van der Waals surface area contributed by atoms with Crippen LogP contribution in [0.1, 0.15) is 0 Å². The molecule has 3 fully saturated rings. The third-order valence-corrected chi connectivity index (χ3v) is 7.75. The van der Waals surface area contributed by atoms with Crippen LogP contribution in [0.3, 0.4) is 0 Å². The third kappa shape index (κ3) is 4.50. The number of piperazine rings is 1. The number of hydrogen-bond acceptors (Lipinski definition) is 6. The van der Waals surface area contributed by atoms with Crippen molar-refractivity contribution in [2.45, 2.75) is 0 Å². The van der Waals surface area contributed by atoms with Gasteiger partial charge in [-0.25, -0.2) is 13.2 Å². The van der Waals surface area contributed by atoms with E-state index in [-0.39, 0.29) is 12.6 Å². The smallest absolute Gasteiger partial charge is 0.317 e. The van der Waals surface area contributed by atoms with Crippen LogP contribution < -0.4 is 15.1 Å². The van der Waals surface area contributed by atoms with E-state index >= 15 is 0 Å². The van der Waals surface area contributed by atoms with Crippen molar-refractivity contribution in [2.75, 3.05) is 81.6 Å². The molecule has 0 spiro atoms. The zero-order chi connectivity index (χ0) is 21.3. The monoisotopic (exact) mass is 437 g/mol. The van der Waals surface area contributed by atoms with E-state index in [1.54, 1.807) is 0 Å². The number of carbonyl (C=O) groups is 1. The standard InChI is InChI=1S/C20H31N5O4S/c1-30(28,29)25-9-7-22(8-10-25)18-2-4-19(5-3-18)23-12-16-14-24(15-17(16)13-23)20(27)21-6-11-26/h2-5,16-17,26H,6-15H2,1H3,(H,21,27)/t16-,17+. The van der Waals surface area contributed by atoms with Crippen LogP contribution in [0.25, 0.3) is 0 Å². The molecule has 3 aliphatic rings. The van der Waals surface area contributed by atoms with Gasteiger partial charge in [0, 0.05) is 82.1 Å². The van der Waals surface area contributed by atoms with Crippen LogP contribution in [0, 0.1) is 11.8 Å². The predicted molar refractivity (Wildman–Crippen MR) is 116 cm³/mol. The first-order valence-corrected chi connectivity index (χ1v) is 12.4. The van der Waals surface area contributed by atoms with E-state index in [4.69, 9.17) is 5.11 Å². The maximum Gasteiger partial charge on any atom is 0.317 e. The highest BCUT2D eigenvalue weighted by molar-refractivity contribution is 7.88. The van der Waals surface area contributed by atoms with Crippen LogP contribution in [0.2, 0.25) is 0 Å². The second-order valence-corrected chi connectivity index (χ2v) is 10.4. The molecule has 3 heterocycles. The molecule has 0 radical (unpaired) electrons. The van der Waals surface area contributed by atoms with Gasteiger partial charge in [0.15, 0.2) is 0 Å². The molecule has 3 aliphatic heterocycles. The van der Waals surface area contributed by atoms with Crippen molar-refractivity contribution in [3.63, 3.8) is 0 Å². The van der Waals surface area contributed by atoms with E-state index in [0.717, 1.165) is 31.9 Å². The molecule has 0 unspecified atom stereocenters. The third-order valence-electron chi connectivity index (χ3n) is 6.45. The molecule has 0 aliphatic carbocycles. The number of hydrogen-bond donors (Lipinski definition) is 2. The first-order valence-electron chi connectivity index (χ1n) is 10.5. The van der Waals surface area contributed by atoms with Crippen molar-refractivity contribution in [3.05, 3.63) is 24.3 Å². The molecule has 9 nitrogen and oxygen atoms in total. The molecule has 0 bridgehead atoms. The molecule has 3 saturated heterocycles. The molecule has 0 saturated carbocycles. The van der Waals surface area contributed by atoms with Gasteiger partial charge in [0.1, 0.15) is 0 Å². The summed E-state index contributed by atoms with van der Waals surface area (Å²) in [5.41, 5.74) is 2.32. The Kier molecular flexibility index (Phi) is 6.08. The summed E-state index contributed by atoms with van der Waals surface area (Å²) in [4.78, 5) is 18.6. The largest absolute Gasteiger partial charge is 0.395 e. The van der Waals surface area contributed by atoms with Crippen molar-refractivity contribution in [2.24, 2.45) is 11.8 Å². The number of urea groups is 1. The Morgan fingerprint density at radius 2 is 1.50 bits per heavy atom. The Hall–Kier alpha value is -2.04. The number of nitrogens with zero attached hydrogens (tertiary/aromatic N) is 4. The Morgan fingerprint density at radius 1 is 0.967 bits per heavy atom. The van der Waals surface area contributed by atoms with E-state index in [1.165, 1.54) is 16.2 Å². The Morgan fingerprint density at radius 3 is 2.00 bits per heavy atom. The van der Waals surface area contributed by atoms with Crippen LogP contribution in [0.5, 0.6) is 0 Å². The Labute approximate surface area is 178 Å². The SMILES string of the molecule is CS(=O)(=O)N1CCN(c2ccc(N3C[C@H]4CN(C(=O)NCCO)C[C@H]4C3)cc2)CC1. The molecule has 2 N–H and O–H groups in total. The minimum Gasteiger partial charge on any atom is -0.395 e. The molecule has 10 heteroatoms. The Balaban J connectivity index is 1.30. The van der Waals surface area contributed by atoms with Gasteiger partial charge < -0.3 is 25.1 Å². The van der Waals surface area contributed by atoms with Crippen molar-refractivity contribution in [1.29, 1.82) is 0 Å². The van der Waals surface area contributed by atoms with Crippen LogP contribution in [0.15, 0.2) is 24.3 Å². The highest BCUT2D eigenvalue weighted by atomic mass is 32.2. The number of aliphatic hydroxyl groups is 1. The number of aliphatic hydroxyl groups excluding tert-OH is 1. The fourth-order valence-electron chi connectivity index (χ4n) is 4.80. The Bertz CT molecular complexity index is 840. The summed E-state index contributed by atoms with van der Waals surface area (Å²) in [5, 5.41) is 11.6. The highest BCUT2D eigenvalue weighted by Crippen LogP contribution is 2.34. The number of amides is 2. The van der Waals surface area contributed by atoms with Crippen LogP contribution in [-0.4, -0.2) is 101 Å². The van der Waals surface area contributed by atoms with E-state index in [1.807, 2.05) is 4.90 Å². The predicted octanol–water partition coefficient (Wildman–Crippen LogP) is -0.162. The number of likely N-dealkylation sites (tertiary alicyclic amines) is 1. The molecule has 0 aromatic heterocycles. The lowest BCUT2D eigenvalue weighted by Crippen LogP contribution is -2.48. The summed E-state index contributed by atoms with van der Waals surface area (Å²) in [6, 6.07) is 8.45. The first-order chi connectivity index (χ1) is 14.3. The molecule has 2 atom stereocenters. The van der Waals surface area contributed by atoms with Gasteiger partial charge in [-0.05, 0) is 24.3 Å². The van der Waals surface area contributed by atoms with Crippen molar-refractivity contribution >= 4 is 27.4 Å². The number of carbonyl (C=O) groups excluding carboxylic acids is 1. The number of fused-ring (bicyclic) bond motifs is 1. The normalized spacial score (nSPS) is 24.9. The highest BCUT2D eigenvalue weighted by Gasteiger charge is 2.41. The summed E-state index contributed by atoms with van der Waals surface area (Å²) >= 11 is 0. The van der Waals surface area contributed by atoms with Crippen LogP contribution in [-0.2, 0) is 10.0 Å². The lowest BCUT2D eigenvalue weighted by atomic mass is 10.0. The average Bonchev–Trinajstić information content (AvgIpc) is 3.31. The molecular weight excluding hydrogens is 406 g/mol. The maximum absolute atomic E-state index is 12.1. The van der Waals surface area contributed by atoms with Gasteiger partial charge >= 0.3 is 6.03 Å². The van der Waals surface area contributed by atoms with Gasteiger partial charge in [0.25, 0.3) is 0 Å². The number of rotatable bonds is 5. The quantitative estimate of drug-likeness (QED) is 0.665. The van der Waals surface area contributed by atoms with E-state index in [0.29, 0.717) is 44.6 Å². The molecule has 4 rings (SSSR count). The van der Waals surface area contributed by atoms with Gasteiger partial charge in [-0.1, -0.05) is 0 Å². The fourth-order valence-corrected chi connectivity index (χ4v) is 5.62. The lowest BCUT2D eigenvalue weighted by Gasteiger charge is -2.35. The average molecular weight is 438 g/mol. The van der Waals surface area contributed by atoms with Crippen LogP contribution in [0.4, 0.5) is 16.2 Å². The maximum atomic E-state index is 12.1. The van der Waals surface area contributed by atoms with E-state index in [9.17, 15) is 13.2 Å². The van der Waals surface area contributed by atoms with Crippen LogP contribution >= 0.6 is 0 Å². The first kappa shape index (κ1) is 21.2. The van der Waals surface area contributed by atoms with Crippen molar-refractivity contribution < 1.29 is 18.3 Å². The number of sulfonamides is 1. The zero-order valence-electron chi connectivity index (χ0n) is 17.4. The second-order valence-electron chi connectivity index (χ2n) is 8.45. The molecule has 1 aromatic carbocycles. The molecule has 1 aromatic rings. The van der Waals surface area contributed by atoms with Crippen molar-refractivity contribution in [1.82, 2.24) is 14.5 Å². The number of anilines is 2. The van der Waals surface area contributed by atoms with Gasteiger partial charge in [-0.3, -0.25) is 0 Å². The van der Waals surface area contributed by atoms with Crippen molar-refractivity contribution in [3.8, 4) is 0 Å². The zero-order valence-corrected chi connectivity index (χ0v) is 18.2. The summed E-state index contributed by atoms with van der Waals surface area (Å²) in [6.45, 7) is 6.14.